The molecule has 1 aliphatic rings. The Morgan fingerprint density at radius 3 is 2.52 bits per heavy atom. The molecule has 0 amide bonds. The van der Waals surface area contributed by atoms with Crippen LogP contribution in [0.1, 0.15) is 16.5 Å². The van der Waals surface area contributed by atoms with Gasteiger partial charge in [-0.25, -0.2) is 10.4 Å². The smallest absolute Gasteiger partial charge is 0.195 e. The summed E-state index contributed by atoms with van der Waals surface area (Å²) in [5.74, 6) is 0. The third-order valence-corrected chi connectivity index (χ3v) is 3.99. The summed E-state index contributed by atoms with van der Waals surface area (Å²) in [7, 11) is 0. The van der Waals surface area contributed by atoms with Crippen molar-refractivity contribution in [1.29, 1.82) is 0 Å². The van der Waals surface area contributed by atoms with Gasteiger partial charge in [-0.05, 0) is 11.6 Å². The van der Waals surface area contributed by atoms with E-state index in [2.05, 4.69) is 10.5 Å². The van der Waals surface area contributed by atoms with Gasteiger partial charge in [0.1, 0.15) is 11.1 Å². The van der Waals surface area contributed by atoms with E-state index in [4.69, 9.17) is 16.8 Å². The van der Waals surface area contributed by atoms with Crippen molar-refractivity contribution >= 4 is 34.4 Å². The standard InChI is InChI=1S/C14H13ClN4O4/c15-13-9-3-1-2-4-10(9)14(13)17-16-11-6-5-8(18(20)21)7-12(11)19(22)23/h1-7,13,16,18-20,22H. The van der Waals surface area contributed by atoms with Gasteiger partial charge in [0.15, 0.2) is 11.4 Å². The third-order valence-electron chi connectivity index (χ3n) is 3.54. The van der Waals surface area contributed by atoms with Crippen LogP contribution in [0.25, 0.3) is 0 Å². The lowest BCUT2D eigenvalue weighted by Crippen LogP contribution is -3.00. The maximum atomic E-state index is 11.3. The van der Waals surface area contributed by atoms with Gasteiger partial charge in [0, 0.05) is 11.6 Å². The highest BCUT2D eigenvalue weighted by Gasteiger charge is 2.31. The van der Waals surface area contributed by atoms with Gasteiger partial charge < -0.3 is 10.4 Å². The maximum Gasteiger partial charge on any atom is 0.195 e. The lowest BCUT2D eigenvalue weighted by molar-refractivity contribution is -0.996. The van der Waals surface area contributed by atoms with E-state index in [9.17, 15) is 15.6 Å². The van der Waals surface area contributed by atoms with Crippen molar-refractivity contribution in [3.63, 3.8) is 0 Å². The fourth-order valence-corrected chi connectivity index (χ4v) is 2.70. The van der Waals surface area contributed by atoms with Crippen molar-refractivity contribution in [2.45, 2.75) is 5.38 Å². The second kappa shape index (κ2) is 6.22. The van der Waals surface area contributed by atoms with E-state index >= 15 is 0 Å². The first-order valence-corrected chi connectivity index (χ1v) is 7.10. The van der Waals surface area contributed by atoms with Crippen LogP contribution in [0.2, 0.25) is 0 Å². The fourth-order valence-electron chi connectivity index (χ4n) is 2.35. The van der Waals surface area contributed by atoms with E-state index in [-0.39, 0.29) is 22.4 Å². The monoisotopic (exact) mass is 336 g/mol. The molecule has 0 aliphatic heterocycles. The molecule has 5 N–H and O–H groups in total. The number of benzene rings is 2. The Labute approximate surface area is 135 Å². The van der Waals surface area contributed by atoms with Crippen LogP contribution in [0.4, 0.5) is 17.1 Å². The zero-order chi connectivity index (χ0) is 16.6. The Bertz CT molecular complexity index is 766. The molecule has 0 aromatic heterocycles. The van der Waals surface area contributed by atoms with Gasteiger partial charge in [-0.2, -0.15) is 15.6 Å². The highest BCUT2D eigenvalue weighted by Crippen LogP contribution is 2.38. The van der Waals surface area contributed by atoms with E-state index in [0.29, 0.717) is 5.71 Å². The van der Waals surface area contributed by atoms with Crippen molar-refractivity contribution in [3.8, 4) is 0 Å². The molecule has 3 atom stereocenters. The number of hydrogen-bond acceptors (Lipinski definition) is 6. The zero-order valence-corrected chi connectivity index (χ0v) is 12.4. The molecule has 2 aromatic carbocycles. The summed E-state index contributed by atoms with van der Waals surface area (Å²) in [6, 6.07) is 11.3. The molecular weight excluding hydrogens is 324 g/mol. The minimum atomic E-state index is -1.24. The van der Waals surface area contributed by atoms with Crippen molar-refractivity contribution in [3.05, 3.63) is 64.0 Å². The molecule has 0 spiro atoms. The molecule has 23 heavy (non-hydrogen) atoms. The molecule has 3 rings (SSSR count). The van der Waals surface area contributed by atoms with Gasteiger partial charge in [0.05, 0.1) is 11.8 Å². The first-order valence-electron chi connectivity index (χ1n) is 6.66. The van der Waals surface area contributed by atoms with Crippen LogP contribution < -0.4 is 15.9 Å². The van der Waals surface area contributed by atoms with Crippen LogP contribution in [0.5, 0.6) is 0 Å². The number of nitrogens with one attached hydrogen (secondary N) is 3. The number of rotatable bonds is 4. The summed E-state index contributed by atoms with van der Waals surface area (Å²) >= 11 is 6.22. The average molecular weight is 337 g/mol. The zero-order valence-electron chi connectivity index (χ0n) is 11.7. The van der Waals surface area contributed by atoms with Gasteiger partial charge in [-0.15, -0.1) is 11.6 Å². The number of nitrogens with zero attached hydrogens (tertiary/aromatic N) is 1. The first kappa shape index (κ1) is 15.8. The van der Waals surface area contributed by atoms with Crippen LogP contribution in [-0.2, 0) is 0 Å². The Hall–Kier alpha value is -2.04. The Kier molecular flexibility index (Phi) is 4.28. The van der Waals surface area contributed by atoms with Crippen molar-refractivity contribution in [1.82, 2.24) is 0 Å². The third kappa shape index (κ3) is 2.92. The molecule has 3 unspecified atom stereocenters. The quantitative estimate of drug-likeness (QED) is 0.414. The fraction of sp³-hybridized carbons (Fsp3) is 0.0714. The number of anilines is 1. The number of hydrazone groups is 1. The summed E-state index contributed by atoms with van der Waals surface area (Å²) in [6.45, 7) is 0. The van der Waals surface area contributed by atoms with Gasteiger partial charge in [0.2, 0.25) is 0 Å². The van der Waals surface area contributed by atoms with Crippen LogP contribution in [0.15, 0.2) is 47.6 Å². The normalized spacial score (nSPS) is 20.6. The molecule has 2 aromatic rings. The highest BCUT2D eigenvalue weighted by atomic mass is 35.5. The van der Waals surface area contributed by atoms with Gasteiger partial charge in [-0.3, -0.25) is 5.43 Å². The van der Waals surface area contributed by atoms with E-state index in [1.165, 1.54) is 12.1 Å². The number of quaternary nitrogens is 2. The van der Waals surface area contributed by atoms with Gasteiger partial charge >= 0.3 is 0 Å². The molecule has 0 fully saturated rings. The van der Waals surface area contributed by atoms with Crippen LogP contribution in [0.3, 0.4) is 0 Å². The highest BCUT2D eigenvalue weighted by molar-refractivity contribution is 6.40. The number of hydrogen-bond donors (Lipinski definition) is 5. The summed E-state index contributed by atoms with van der Waals surface area (Å²) in [4.78, 5) is 0. The molecule has 8 nitrogen and oxygen atoms in total. The summed E-state index contributed by atoms with van der Waals surface area (Å²) < 4.78 is 0. The number of alkyl halides is 1. The molecule has 0 bridgehead atoms. The minimum absolute atomic E-state index is 0.107. The van der Waals surface area contributed by atoms with E-state index < -0.39 is 10.5 Å². The molecule has 120 valence electrons. The molecule has 0 radical (unpaired) electrons. The van der Waals surface area contributed by atoms with Gasteiger partial charge in [-0.1, -0.05) is 24.3 Å². The summed E-state index contributed by atoms with van der Waals surface area (Å²) in [6.07, 6.45) is 0. The van der Waals surface area contributed by atoms with E-state index in [0.717, 1.165) is 17.2 Å². The predicted octanol–water partition coefficient (Wildman–Crippen LogP) is 0.603. The molecule has 0 saturated heterocycles. The van der Waals surface area contributed by atoms with E-state index in [1.54, 1.807) is 0 Å². The lowest BCUT2D eigenvalue weighted by atomic mass is 9.86. The first-order chi connectivity index (χ1) is 11.0. The Morgan fingerprint density at radius 1 is 1.09 bits per heavy atom. The second-order valence-corrected chi connectivity index (χ2v) is 5.37. The number of fused-ring (bicyclic) bond motifs is 1. The minimum Gasteiger partial charge on any atom is -0.595 e. The molecular formula is C14H13ClN4O4. The molecule has 9 heteroatoms. The second-order valence-electron chi connectivity index (χ2n) is 4.93. The van der Waals surface area contributed by atoms with Gasteiger partial charge in [0.25, 0.3) is 0 Å². The summed E-state index contributed by atoms with van der Waals surface area (Å²) in [5.41, 5.74) is 5.06. The SMILES string of the molecule is [O-][NH+](O)c1ccc(NN=C2c3ccccc3C2Cl)c([NH+]([O-])O)c1. The summed E-state index contributed by atoms with van der Waals surface area (Å²) in [5, 5.41) is 41.7. The lowest BCUT2D eigenvalue weighted by Gasteiger charge is -2.27. The molecule has 0 saturated carbocycles. The topological polar surface area (TPSA) is 120 Å². The largest absolute Gasteiger partial charge is 0.595 e. The van der Waals surface area contributed by atoms with E-state index in [1.807, 2.05) is 24.3 Å². The van der Waals surface area contributed by atoms with Crippen molar-refractivity contribution in [2.24, 2.45) is 5.10 Å². The van der Waals surface area contributed by atoms with Crippen LogP contribution in [-0.4, -0.2) is 16.1 Å². The van der Waals surface area contributed by atoms with Crippen LogP contribution >= 0.6 is 11.6 Å². The maximum absolute atomic E-state index is 11.3. The molecule has 0 heterocycles. The van der Waals surface area contributed by atoms with Crippen molar-refractivity contribution < 1.29 is 20.9 Å². The average Bonchev–Trinajstić information content (AvgIpc) is 2.54. The Balaban J connectivity index is 1.88. The van der Waals surface area contributed by atoms with Crippen molar-refractivity contribution in [2.75, 3.05) is 5.43 Å². The predicted molar refractivity (Wildman–Crippen MR) is 83.2 cm³/mol. The number of halogens is 1. The Morgan fingerprint density at radius 2 is 1.83 bits per heavy atom. The van der Waals surface area contributed by atoms with Crippen LogP contribution in [0, 0.1) is 10.4 Å². The molecule has 1 aliphatic carbocycles.